The van der Waals surface area contributed by atoms with E-state index in [0.717, 1.165) is 46.8 Å². The first kappa shape index (κ1) is 17.2. The lowest BCUT2D eigenvalue weighted by Crippen LogP contribution is -2.37. The molecule has 8 heteroatoms. The van der Waals surface area contributed by atoms with E-state index in [1.807, 2.05) is 29.2 Å². The molecule has 31 heavy (non-hydrogen) atoms. The minimum atomic E-state index is 0.476. The van der Waals surface area contributed by atoms with Crippen LogP contribution in [0.2, 0.25) is 0 Å². The van der Waals surface area contributed by atoms with Crippen LogP contribution in [0.15, 0.2) is 49.2 Å². The number of hydrogen-bond donors (Lipinski definition) is 3. The van der Waals surface area contributed by atoms with Gasteiger partial charge in [0.15, 0.2) is 11.5 Å². The molecule has 2 aliphatic heterocycles. The van der Waals surface area contributed by atoms with Gasteiger partial charge in [0, 0.05) is 59.3 Å². The van der Waals surface area contributed by atoms with Gasteiger partial charge in [-0.05, 0) is 37.8 Å². The predicted molar refractivity (Wildman–Crippen MR) is 118 cm³/mol. The smallest absolute Gasteiger partial charge is 0.165 e. The van der Waals surface area contributed by atoms with Gasteiger partial charge in [0.05, 0.1) is 11.9 Å². The zero-order valence-corrected chi connectivity index (χ0v) is 16.9. The number of pyridine rings is 1. The maximum atomic E-state index is 5.21. The van der Waals surface area contributed by atoms with Gasteiger partial charge in [-0.2, -0.15) is 9.61 Å². The fraction of sp³-hybridized carbons (Fsp3) is 0.304. The van der Waals surface area contributed by atoms with E-state index in [2.05, 4.69) is 42.5 Å². The van der Waals surface area contributed by atoms with Gasteiger partial charge >= 0.3 is 0 Å². The van der Waals surface area contributed by atoms with Crippen molar-refractivity contribution in [2.45, 2.75) is 43.7 Å². The fourth-order valence-corrected chi connectivity index (χ4v) is 5.42. The average Bonchev–Trinajstić information content (AvgIpc) is 3.59. The number of H-pyrrole nitrogens is 2. The Balaban J connectivity index is 1.36. The van der Waals surface area contributed by atoms with Crippen molar-refractivity contribution >= 4 is 16.7 Å². The minimum Gasteiger partial charge on any atom is -0.346 e. The largest absolute Gasteiger partial charge is 0.346 e. The topological polar surface area (TPSA) is 99.6 Å². The number of nitrogens with zero attached hydrogens (tertiary/aromatic N) is 5. The average molecular weight is 410 g/mol. The quantitative estimate of drug-likeness (QED) is 0.422. The number of hydrogen-bond acceptors (Lipinski definition) is 5. The number of nitrogens with one attached hydrogen (secondary N) is 3. The minimum absolute atomic E-state index is 0.476. The second-order valence-corrected chi connectivity index (χ2v) is 8.71. The van der Waals surface area contributed by atoms with E-state index in [4.69, 9.17) is 4.98 Å². The van der Waals surface area contributed by atoms with Crippen molar-refractivity contribution in [1.29, 1.82) is 0 Å². The molecule has 0 aliphatic carbocycles. The molecule has 2 fully saturated rings. The third kappa shape index (κ3) is 2.64. The third-order valence-corrected chi connectivity index (χ3v) is 6.86. The van der Waals surface area contributed by atoms with Crippen molar-refractivity contribution in [2.75, 3.05) is 0 Å². The summed E-state index contributed by atoms with van der Waals surface area (Å²) in [4.78, 5) is 20.6. The van der Waals surface area contributed by atoms with Gasteiger partial charge in [-0.15, -0.1) is 0 Å². The summed E-state index contributed by atoms with van der Waals surface area (Å²) in [6, 6.07) is 7.43. The highest BCUT2D eigenvalue weighted by Crippen LogP contribution is 2.39. The SMILES string of the molecule is c1c[nH]c(-c2ccc(-c3cnn4c3nc(C3CC5CC[C@H](C3)N5)c3cc[nH]c34)cn2)n1. The maximum Gasteiger partial charge on any atom is 0.165 e. The summed E-state index contributed by atoms with van der Waals surface area (Å²) in [6.07, 6.45) is 14.2. The number of fused-ring (bicyclic) bond motifs is 5. The summed E-state index contributed by atoms with van der Waals surface area (Å²) < 4.78 is 1.92. The van der Waals surface area contributed by atoms with Crippen LogP contribution in [0.3, 0.4) is 0 Å². The molecule has 0 saturated carbocycles. The highest BCUT2D eigenvalue weighted by Gasteiger charge is 2.35. The Morgan fingerprint density at radius 3 is 2.61 bits per heavy atom. The van der Waals surface area contributed by atoms with Crippen molar-refractivity contribution < 1.29 is 0 Å². The Bertz CT molecular complexity index is 1370. The van der Waals surface area contributed by atoms with Gasteiger partial charge in [-0.25, -0.2) is 9.97 Å². The highest BCUT2D eigenvalue weighted by atomic mass is 15.3. The van der Waals surface area contributed by atoms with Crippen molar-refractivity contribution in [3.8, 4) is 22.6 Å². The molecule has 0 radical (unpaired) electrons. The standard InChI is InChI=1S/C23H22N8/c1-4-19(21-24-7-8-25-21)27-11-13(1)18-12-28-31-22-17(5-6-26-22)20(30-23(18)31)14-9-15-2-3-16(10-14)29-15/h1,4-8,11-12,14-16,26,29H,2-3,9-10H2,(H,24,25)/t14?,15-,16?/m1/s1. The van der Waals surface area contributed by atoms with Crippen LogP contribution in [0, 0.1) is 0 Å². The molecule has 7 heterocycles. The molecule has 0 amide bonds. The van der Waals surface area contributed by atoms with E-state index in [1.54, 1.807) is 12.4 Å². The summed E-state index contributed by atoms with van der Waals surface area (Å²) >= 11 is 0. The zero-order valence-electron chi connectivity index (χ0n) is 16.9. The van der Waals surface area contributed by atoms with E-state index >= 15 is 0 Å². The normalized spacial score (nSPS) is 23.2. The Kier molecular flexibility index (Phi) is 3.60. The zero-order chi connectivity index (χ0) is 20.4. The molecule has 5 aromatic rings. The molecule has 8 nitrogen and oxygen atoms in total. The summed E-state index contributed by atoms with van der Waals surface area (Å²) in [5.41, 5.74) is 5.90. The molecule has 2 bridgehead atoms. The van der Waals surface area contributed by atoms with Crippen LogP contribution >= 0.6 is 0 Å². The third-order valence-electron chi connectivity index (χ3n) is 6.86. The Hall–Kier alpha value is -3.52. The van der Waals surface area contributed by atoms with Crippen molar-refractivity contribution in [3.05, 3.63) is 54.9 Å². The molecule has 3 atom stereocenters. The molecule has 5 aromatic heterocycles. The molecule has 2 saturated heterocycles. The monoisotopic (exact) mass is 410 g/mol. The Morgan fingerprint density at radius 2 is 1.84 bits per heavy atom. The number of piperidine rings is 1. The van der Waals surface area contributed by atoms with Gasteiger partial charge in [-0.1, -0.05) is 6.07 Å². The summed E-state index contributed by atoms with van der Waals surface area (Å²) in [5.74, 6) is 1.24. The molecule has 2 aliphatic rings. The molecule has 7 rings (SSSR count). The van der Waals surface area contributed by atoms with E-state index in [0.29, 0.717) is 18.0 Å². The molecule has 0 spiro atoms. The lowest BCUT2D eigenvalue weighted by atomic mass is 9.88. The molecular formula is C23H22N8. The first-order valence-corrected chi connectivity index (χ1v) is 10.9. The Labute approximate surface area is 178 Å². The molecule has 154 valence electrons. The molecule has 0 aromatic carbocycles. The number of imidazole rings is 1. The second-order valence-electron chi connectivity index (χ2n) is 8.71. The fourth-order valence-electron chi connectivity index (χ4n) is 5.42. The van der Waals surface area contributed by atoms with Gasteiger partial charge < -0.3 is 15.3 Å². The maximum absolute atomic E-state index is 5.21. The van der Waals surface area contributed by atoms with Crippen LogP contribution in [0.25, 0.3) is 39.3 Å². The van der Waals surface area contributed by atoms with Crippen LogP contribution in [0.5, 0.6) is 0 Å². The number of rotatable bonds is 3. The van der Waals surface area contributed by atoms with E-state index in [9.17, 15) is 0 Å². The van der Waals surface area contributed by atoms with Crippen molar-refractivity contribution in [1.82, 2.24) is 39.9 Å². The van der Waals surface area contributed by atoms with Crippen LogP contribution in [0.4, 0.5) is 0 Å². The lowest BCUT2D eigenvalue weighted by Gasteiger charge is -2.29. The van der Waals surface area contributed by atoms with Gasteiger partial charge in [0.25, 0.3) is 0 Å². The summed E-state index contributed by atoms with van der Waals surface area (Å²) in [5, 5.41) is 9.59. The number of aromatic nitrogens is 7. The van der Waals surface area contributed by atoms with Crippen molar-refractivity contribution in [2.24, 2.45) is 0 Å². The summed E-state index contributed by atoms with van der Waals surface area (Å²) in [7, 11) is 0. The summed E-state index contributed by atoms with van der Waals surface area (Å²) in [6.45, 7) is 0. The molecule has 2 unspecified atom stereocenters. The van der Waals surface area contributed by atoms with Gasteiger partial charge in [0.2, 0.25) is 0 Å². The van der Waals surface area contributed by atoms with Gasteiger partial charge in [0.1, 0.15) is 11.3 Å². The van der Waals surface area contributed by atoms with Crippen LogP contribution < -0.4 is 5.32 Å². The highest BCUT2D eigenvalue weighted by molar-refractivity contribution is 5.86. The predicted octanol–water partition coefficient (Wildman–Crippen LogP) is 3.66. The molecule has 3 N–H and O–H groups in total. The molecular weight excluding hydrogens is 388 g/mol. The first-order chi connectivity index (χ1) is 15.3. The Morgan fingerprint density at radius 1 is 0.935 bits per heavy atom. The van der Waals surface area contributed by atoms with Crippen LogP contribution in [-0.2, 0) is 0 Å². The first-order valence-electron chi connectivity index (χ1n) is 10.9. The van der Waals surface area contributed by atoms with Crippen molar-refractivity contribution in [3.63, 3.8) is 0 Å². The van der Waals surface area contributed by atoms with Crippen LogP contribution in [-0.4, -0.2) is 46.6 Å². The van der Waals surface area contributed by atoms with Gasteiger partial charge in [-0.3, -0.25) is 4.98 Å². The van der Waals surface area contributed by atoms with E-state index < -0.39 is 0 Å². The second kappa shape index (κ2) is 6.49. The van der Waals surface area contributed by atoms with E-state index in [-0.39, 0.29) is 0 Å². The number of aromatic amines is 2. The van der Waals surface area contributed by atoms with Crippen LogP contribution in [0.1, 0.15) is 37.3 Å². The lowest BCUT2D eigenvalue weighted by molar-refractivity contribution is 0.360. The van der Waals surface area contributed by atoms with E-state index in [1.165, 1.54) is 23.9 Å².